The van der Waals surface area contributed by atoms with Gasteiger partial charge in [0.2, 0.25) is 6.79 Å². The van der Waals surface area contributed by atoms with Crippen LogP contribution in [0.2, 0.25) is 5.02 Å². The number of hydrogen-bond acceptors (Lipinski definition) is 4. The van der Waals surface area contributed by atoms with Crippen LogP contribution in [0.1, 0.15) is 17.2 Å². The zero-order valence-electron chi connectivity index (χ0n) is 9.21. The predicted molar refractivity (Wildman–Crippen MR) is 61.2 cm³/mol. The molecule has 1 unspecified atom stereocenters. The highest BCUT2D eigenvalue weighted by Crippen LogP contribution is 2.43. The standard InChI is InChI=1S/C11H14ClNO3/c1-6-7(8(14)4-13-2)3-9-11(10(6)12)16-5-15-9/h3,8,13-14H,4-5H2,1-2H3. The van der Waals surface area contributed by atoms with Crippen LogP contribution in [0.3, 0.4) is 0 Å². The van der Waals surface area contributed by atoms with E-state index in [1.165, 1.54) is 0 Å². The molecule has 0 saturated heterocycles. The number of fused-ring (bicyclic) bond motifs is 1. The van der Waals surface area contributed by atoms with Gasteiger partial charge in [0.15, 0.2) is 11.5 Å². The minimum absolute atomic E-state index is 0.181. The summed E-state index contributed by atoms with van der Waals surface area (Å²) in [6, 6.07) is 1.78. The van der Waals surface area contributed by atoms with Crippen molar-refractivity contribution in [3.05, 3.63) is 22.2 Å². The van der Waals surface area contributed by atoms with Crippen LogP contribution in [0.15, 0.2) is 6.07 Å². The predicted octanol–water partition coefficient (Wildman–Crippen LogP) is 1.63. The normalized spacial score (nSPS) is 15.2. The van der Waals surface area contributed by atoms with E-state index in [9.17, 15) is 5.11 Å². The maximum atomic E-state index is 9.94. The van der Waals surface area contributed by atoms with Crippen LogP contribution in [0, 0.1) is 6.92 Å². The number of aliphatic hydroxyl groups excluding tert-OH is 1. The van der Waals surface area contributed by atoms with Crippen molar-refractivity contribution in [2.75, 3.05) is 20.4 Å². The Morgan fingerprint density at radius 1 is 1.56 bits per heavy atom. The largest absolute Gasteiger partial charge is 0.454 e. The summed E-state index contributed by atoms with van der Waals surface area (Å²) in [5, 5.41) is 13.4. The van der Waals surface area contributed by atoms with Crippen molar-refractivity contribution < 1.29 is 14.6 Å². The summed E-state index contributed by atoms with van der Waals surface area (Å²) < 4.78 is 10.5. The van der Waals surface area contributed by atoms with Crippen molar-refractivity contribution in [3.8, 4) is 11.5 Å². The van der Waals surface area contributed by atoms with E-state index in [0.29, 0.717) is 23.1 Å². The fraction of sp³-hybridized carbons (Fsp3) is 0.455. The summed E-state index contributed by atoms with van der Waals surface area (Å²) in [4.78, 5) is 0. The summed E-state index contributed by atoms with van der Waals surface area (Å²) in [7, 11) is 1.78. The van der Waals surface area contributed by atoms with Crippen LogP contribution in [-0.2, 0) is 0 Å². The number of ether oxygens (including phenoxy) is 2. The third-order valence-electron chi connectivity index (χ3n) is 2.65. The number of nitrogens with one attached hydrogen (secondary N) is 1. The molecule has 1 heterocycles. The third-order valence-corrected chi connectivity index (χ3v) is 3.10. The maximum Gasteiger partial charge on any atom is 0.231 e. The highest BCUT2D eigenvalue weighted by molar-refractivity contribution is 6.33. The van der Waals surface area contributed by atoms with Gasteiger partial charge in [0, 0.05) is 6.54 Å². The van der Waals surface area contributed by atoms with E-state index < -0.39 is 6.10 Å². The lowest BCUT2D eigenvalue weighted by atomic mass is 10.0. The number of benzene rings is 1. The number of rotatable bonds is 3. The maximum absolute atomic E-state index is 9.94. The van der Waals surface area contributed by atoms with Gasteiger partial charge in [-0.1, -0.05) is 11.6 Å². The van der Waals surface area contributed by atoms with Crippen molar-refractivity contribution in [3.63, 3.8) is 0 Å². The van der Waals surface area contributed by atoms with Crippen molar-refractivity contribution >= 4 is 11.6 Å². The number of likely N-dealkylation sites (N-methyl/N-ethyl adjacent to an activating group) is 1. The van der Waals surface area contributed by atoms with E-state index in [0.717, 1.165) is 11.1 Å². The Hall–Kier alpha value is -0.970. The zero-order chi connectivity index (χ0) is 11.7. The fourth-order valence-corrected chi connectivity index (χ4v) is 2.02. The van der Waals surface area contributed by atoms with Crippen LogP contribution in [0.25, 0.3) is 0 Å². The first kappa shape index (κ1) is 11.5. The average molecular weight is 244 g/mol. The van der Waals surface area contributed by atoms with E-state index in [4.69, 9.17) is 21.1 Å². The summed E-state index contributed by atoms with van der Waals surface area (Å²) in [6.07, 6.45) is -0.600. The molecule has 5 heteroatoms. The third kappa shape index (κ3) is 1.84. The molecule has 0 aromatic heterocycles. The van der Waals surface area contributed by atoms with Crippen LogP contribution in [0.5, 0.6) is 11.5 Å². The van der Waals surface area contributed by atoms with Gasteiger partial charge in [-0.05, 0) is 31.2 Å². The van der Waals surface area contributed by atoms with Crippen LogP contribution >= 0.6 is 11.6 Å². The minimum atomic E-state index is -0.600. The zero-order valence-corrected chi connectivity index (χ0v) is 9.97. The number of halogens is 1. The summed E-state index contributed by atoms with van der Waals surface area (Å²) in [6.45, 7) is 2.51. The van der Waals surface area contributed by atoms with E-state index in [1.807, 2.05) is 6.92 Å². The van der Waals surface area contributed by atoms with Gasteiger partial charge >= 0.3 is 0 Å². The lowest BCUT2D eigenvalue weighted by Crippen LogP contribution is -2.17. The van der Waals surface area contributed by atoms with Crippen LogP contribution in [-0.4, -0.2) is 25.5 Å². The van der Waals surface area contributed by atoms with Gasteiger partial charge in [0.05, 0.1) is 11.1 Å². The second-order valence-corrected chi connectivity index (χ2v) is 4.09. The molecule has 0 spiro atoms. The minimum Gasteiger partial charge on any atom is -0.454 e. The fourth-order valence-electron chi connectivity index (χ4n) is 1.76. The van der Waals surface area contributed by atoms with Crippen LogP contribution in [0.4, 0.5) is 0 Å². The Bertz CT molecular complexity index is 409. The molecule has 4 nitrogen and oxygen atoms in total. The second-order valence-electron chi connectivity index (χ2n) is 3.71. The van der Waals surface area contributed by atoms with E-state index >= 15 is 0 Å². The Balaban J connectivity index is 2.43. The first-order valence-electron chi connectivity index (χ1n) is 5.06. The Kier molecular flexibility index (Phi) is 3.23. The molecule has 0 fully saturated rings. The van der Waals surface area contributed by atoms with Gasteiger partial charge in [-0.2, -0.15) is 0 Å². The second kappa shape index (κ2) is 4.49. The van der Waals surface area contributed by atoms with Gasteiger partial charge < -0.3 is 19.9 Å². The molecule has 0 aliphatic carbocycles. The molecular weight excluding hydrogens is 230 g/mol. The van der Waals surface area contributed by atoms with E-state index in [2.05, 4.69) is 5.32 Å². The molecule has 2 rings (SSSR count). The molecule has 1 aliphatic heterocycles. The topological polar surface area (TPSA) is 50.7 Å². The molecule has 0 bridgehead atoms. The highest BCUT2D eigenvalue weighted by atomic mass is 35.5. The quantitative estimate of drug-likeness (QED) is 0.847. The first-order chi connectivity index (χ1) is 7.65. The first-order valence-corrected chi connectivity index (χ1v) is 5.44. The molecular formula is C11H14ClNO3. The summed E-state index contributed by atoms with van der Waals surface area (Å²) in [5.41, 5.74) is 1.59. The molecule has 1 aromatic rings. The molecule has 88 valence electrons. The SMILES string of the molecule is CNCC(O)c1cc2c(c(Cl)c1C)OCO2. The molecule has 0 amide bonds. The molecule has 1 aliphatic rings. The molecule has 1 aromatic carbocycles. The van der Waals surface area contributed by atoms with Crippen molar-refractivity contribution in [1.29, 1.82) is 0 Å². The number of aliphatic hydroxyl groups is 1. The van der Waals surface area contributed by atoms with Gasteiger partial charge in [-0.3, -0.25) is 0 Å². The van der Waals surface area contributed by atoms with Gasteiger partial charge in [0.25, 0.3) is 0 Å². The average Bonchev–Trinajstić information content (AvgIpc) is 2.71. The van der Waals surface area contributed by atoms with Gasteiger partial charge in [0.1, 0.15) is 0 Å². The Labute approximate surface area is 99.1 Å². The molecule has 1 atom stereocenters. The van der Waals surface area contributed by atoms with Crippen molar-refractivity contribution in [2.45, 2.75) is 13.0 Å². The Morgan fingerprint density at radius 3 is 3.00 bits per heavy atom. The number of hydrogen-bond donors (Lipinski definition) is 2. The van der Waals surface area contributed by atoms with Crippen LogP contribution < -0.4 is 14.8 Å². The summed E-state index contributed by atoms with van der Waals surface area (Å²) >= 11 is 6.15. The monoisotopic (exact) mass is 243 g/mol. The molecule has 2 N–H and O–H groups in total. The Morgan fingerprint density at radius 2 is 2.31 bits per heavy atom. The van der Waals surface area contributed by atoms with Crippen molar-refractivity contribution in [2.24, 2.45) is 0 Å². The van der Waals surface area contributed by atoms with Gasteiger partial charge in [-0.25, -0.2) is 0 Å². The van der Waals surface area contributed by atoms with Gasteiger partial charge in [-0.15, -0.1) is 0 Å². The lowest BCUT2D eigenvalue weighted by Gasteiger charge is -2.15. The molecule has 0 saturated carbocycles. The molecule has 0 radical (unpaired) electrons. The van der Waals surface area contributed by atoms with E-state index in [-0.39, 0.29) is 6.79 Å². The van der Waals surface area contributed by atoms with Crippen molar-refractivity contribution in [1.82, 2.24) is 5.32 Å². The highest BCUT2D eigenvalue weighted by Gasteiger charge is 2.23. The smallest absolute Gasteiger partial charge is 0.231 e. The van der Waals surface area contributed by atoms with E-state index in [1.54, 1.807) is 13.1 Å². The molecule has 16 heavy (non-hydrogen) atoms. The lowest BCUT2D eigenvalue weighted by molar-refractivity contribution is 0.171. The summed E-state index contributed by atoms with van der Waals surface area (Å²) in [5.74, 6) is 1.17.